The summed E-state index contributed by atoms with van der Waals surface area (Å²) in [4.78, 5) is 24.3. The minimum atomic E-state index is -0.499. The van der Waals surface area contributed by atoms with E-state index in [0.29, 0.717) is 22.4 Å². The van der Waals surface area contributed by atoms with E-state index in [1.807, 2.05) is 12.1 Å². The molecule has 6 nitrogen and oxygen atoms in total. The van der Waals surface area contributed by atoms with Crippen LogP contribution in [0.1, 0.15) is 26.3 Å². The Morgan fingerprint density at radius 3 is 2.41 bits per heavy atom. The molecule has 0 radical (unpaired) electrons. The zero-order chi connectivity index (χ0) is 20.6. The number of ether oxygens (including phenoxy) is 2. The molecule has 0 spiro atoms. The molecule has 1 N–H and O–H groups in total. The lowest BCUT2D eigenvalue weighted by Gasteiger charge is -2.10. The minimum absolute atomic E-state index is 0.281. The van der Waals surface area contributed by atoms with Crippen molar-refractivity contribution >= 4 is 34.0 Å². The van der Waals surface area contributed by atoms with Gasteiger partial charge in [-0.2, -0.15) is 5.10 Å². The van der Waals surface area contributed by atoms with Crippen LogP contribution >= 0.6 is 15.9 Å². The Bertz CT molecular complexity index is 1050. The molecule has 0 aliphatic heterocycles. The van der Waals surface area contributed by atoms with Gasteiger partial charge in [0.1, 0.15) is 0 Å². The first kappa shape index (κ1) is 20.3. The molecule has 0 aliphatic carbocycles. The first-order valence-electron chi connectivity index (χ1n) is 8.61. The topological polar surface area (TPSA) is 77.0 Å². The van der Waals surface area contributed by atoms with Crippen molar-refractivity contribution in [2.45, 2.75) is 0 Å². The zero-order valence-electron chi connectivity index (χ0n) is 15.5. The van der Waals surface area contributed by atoms with E-state index in [1.54, 1.807) is 60.7 Å². The summed E-state index contributed by atoms with van der Waals surface area (Å²) in [5.41, 5.74) is 4.05. The number of amides is 1. The van der Waals surface area contributed by atoms with Gasteiger partial charge >= 0.3 is 5.97 Å². The van der Waals surface area contributed by atoms with E-state index >= 15 is 0 Å². The number of benzene rings is 3. The Morgan fingerprint density at radius 1 is 0.931 bits per heavy atom. The van der Waals surface area contributed by atoms with Crippen LogP contribution in [0.3, 0.4) is 0 Å². The van der Waals surface area contributed by atoms with Crippen molar-refractivity contribution < 1.29 is 19.1 Å². The fraction of sp³-hybridized carbons (Fsp3) is 0.0455. The highest BCUT2D eigenvalue weighted by Crippen LogP contribution is 2.28. The summed E-state index contributed by atoms with van der Waals surface area (Å²) in [5, 5.41) is 3.95. The van der Waals surface area contributed by atoms with Crippen molar-refractivity contribution in [3.8, 4) is 11.5 Å². The highest BCUT2D eigenvalue weighted by atomic mass is 79.9. The lowest BCUT2D eigenvalue weighted by atomic mass is 10.2. The number of nitrogens with one attached hydrogen (secondary N) is 1. The predicted molar refractivity (Wildman–Crippen MR) is 114 cm³/mol. The van der Waals surface area contributed by atoms with Gasteiger partial charge in [-0.05, 0) is 54.1 Å². The first-order chi connectivity index (χ1) is 14.1. The molecule has 0 atom stereocenters. The van der Waals surface area contributed by atoms with E-state index in [1.165, 1.54) is 13.3 Å². The molecule has 0 bridgehead atoms. The van der Waals surface area contributed by atoms with Crippen LogP contribution in [0.4, 0.5) is 0 Å². The fourth-order valence-electron chi connectivity index (χ4n) is 2.44. The van der Waals surface area contributed by atoms with Gasteiger partial charge in [-0.15, -0.1) is 0 Å². The summed E-state index contributed by atoms with van der Waals surface area (Å²) in [6.45, 7) is 0. The Hall–Kier alpha value is -3.45. The number of esters is 1. The molecule has 0 aromatic heterocycles. The zero-order valence-corrected chi connectivity index (χ0v) is 17.0. The molecule has 146 valence electrons. The van der Waals surface area contributed by atoms with Gasteiger partial charge in [0, 0.05) is 10.0 Å². The van der Waals surface area contributed by atoms with Crippen LogP contribution in [0.2, 0.25) is 0 Å². The first-order valence-corrected chi connectivity index (χ1v) is 9.40. The third kappa shape index (κ3) is 5.52. The highest BCUT2D eigenvalue weighted by molar-refractivity contribution is 9.10. The quantitative estimate of drug-likeness (QED) is 0.259. The van der Waals surface area contributed by atoms with Gasteiger partial charge in [-0.1, -0.05) is 40.2 Å². The summed E-state index contributed by atoms with van der Waals surface area (Å²) in [6.07, 6.45) is 1.48. The number of rotatable bonds is 6. The molecule has 0 fully saturated rings. The Balaban J connectivity index is 1.68. The van der Waals surface area contributed by atoms with Crippen LogP contribution in [-0.4, -0.2) is 25.2 Å². The second kappa shape index (κ2) is 9.66. The average Bonchev–Trinajstić information content (AvgIpc) is 2.75. The van der Waals surface area contributed by atoms with Crippen LogP contribution in [0.5, 0.6) is 11.5 Å². The van der Waals surface area contributed by atoms with Crippen LogP contribution in [0.15, 0.2) is 82.4 Å². The summed E-state index contributed by atoms with van der Waals surface area (Å²) in [5.74, 6) is -0.163. The van der Waals surface area contributed by atoms with Crippen molar-refractivity contribution in [2.24, 2.45) is 5.10 Å². The van der Waals surface area contributed by atoms with Crippen molar-refractivity contribution in [1.29, 1.82) is 0 Å². The third-order valence-corrected chi connectivity index (χ3v) is 4.36. The second-order valence-electron chi connectivity index (χ2n) is 5.88. The normalized spacial score (nSPS) is 10.6. The molecule has 0 heterocycles. The number of carbonyl (C=O) groups is 2. The molecular formula is C22H17BrN2O4. The molecule has 3 rings (SSSR count). The molecule has 1 amide bonds. The van der Waals surface area contributed by atoms with Gasteiger partial charge in [0.15, 0.2) is 11.5 Å². The van der Waals surface area contributed by atoms with Gasteiger partial charge in [0.2, 0.25) is 0 Å². The number of halogens is 1. The number of hydrazone groups is 1. The number of nitrogens with zero attached hydrogens (tertiary/aromatic N) is 1. The fourth-order valence-corrected chi connectivity index (χ4v) is 2.84. The van der Waals surface area contributed by atoms with E-state index in [2.05, 4.69) is 26.5 Å². The van der Waals surface area contributed by atoms with Gasteiger partial charge in [0.25, 0.3) is 5.91 Å². The van der Waals surface area contributed by atoms with Crippen LogP contribution in [-0.2, 0) is 0 Å². The van der Waals surface area contributed by atoms with Gasteiger partial charge in [-0.25, -0.2) is 10.2 Å². The Kier molecular flexibility index (Phi) is 6.76. The minimum Gasteiger partial charge on any atom is -0.493 e. The predicted octanol–water partition coefficient (Wildman–Crippen LogP) is 4.44. The lowest BCUT2D eigenvalue weighted by Crippen LogP contribution is -2.17. The van der Waals surface area contributed by atoms with Crippen LogP contribution in [0.25, 0.3) is 0 Å². The maximum absolute atomic E-state index is 12.3. The number of hydrogen-bond donors (Lipinski definition) is 1. The standard InChI is InChI=1S/C22H17BrN2O4/c1-28-20-12-15(14-24-25-21(26)16-6-3-2-4-7-16)10-11-19(20)29-22(27)17-8-5-9-18(23)13-17/h2-14H,1H3,(H,25,26)/b24-14-. The smallest absolute Gasteiger partial charge is 0.343 e. The molecule has 3 aromatic rings. The van der Waals surface area contributed by atoms with Crippen molar-refractivity contribution in [2.75, 3.05) is 7.11 Å². The number of carbonyl (C=O) groups excluding carboxylic acids is 2. The Morgan fingerprint density at radius 2 is 1.69 bits per heavy atom. The summed E-state index contributed by atoms with van der Waals surface area (Å²) >= 11 is 3.33. The maximum Gasteiger partial charge on any atom is 0.343 e. The highest BCUT2D eigenvalue weighted by Gasteiger charge is 2.13. The van der Waals surface area contributed by atoms with Crippen LogP contribution < -0.4 is 14.9 Å². The lowest BCUT2D eigenvalue weighted by molar-refractivity contribution is 0.0729. The second-order valence-corrected chi connectivity index (χ2v) is 6.79. The molecule has 0 unspecified atom stereocenters. The average molecular weight is 453 g/mol. The van der Waals surface area contributed by atoms with E-state index in [4.69, 9.17) is 9.47 Å². The molecule has 7 heteroatoms. The molecule has 3 aromatic carbocycles. The van der Waals surface area contributed by atoms with Gasteiger partial charge in [-0.3, -0.25) is 4.79 Å². The van der Waals surface area contributed by atoms with E-state index in [-0.39, 0.29) is 11.7 Å². The van der Waals surface area contributed by atoms with E-state index < -0.39 is 5.97 Å². The monoisotopic (exact) mass is 452 g/mol. The van der Waals surface area contributed by atoms with Crippen molar-refractivity contribution in [1.82, 2.24) is 5.43 Å². The third-order valence-electron chi connectivity index (χ3n) is 3.87. The molecule has 29 heavy (non-hydrogen) atoms. The van der Waals surface area contributed by atoms with Gasteiger partial charge in [0.05, 0.1) is 18.9 Å². The molecule has 0 saturated carbocycles. The Labute approximate surface area is 176 Å². The van der Waals surface area contributed by atoms with Crippen molar-refractivity contribution in [3.63, 3.8) is 0 Å². The molecule has 0 aliphatic rings. The SMILES string of the molecule is COc1cc(/C=N\NC(=O)c2ccccc2)ccc1OC(=O)c1cccc(Br)c1. The van der Waals surface area contributed by atoms with Gasteiger partial charge < -0.3 is 9.47 Å². The van der Waals surface area contributed by atoms with E-state index in [0.717, 1.165) is 4.47 Å². The number of hydrogen-bond acceptors (Lipinski definition) is 5. The molecular weight excluding hydrogens is 436 g/mol. The van der Waals surface area contributed by atoms with Crippen LogP contribution in [0, 0.1) is 0 Å². The summed E-state index contributed by atoms with van der Waals surface area (Å²) in [7, 11) is 1.48. The maximum atomic E-state index is 12.3. The number of methoxy groups -OCH3 is 1. The van der Waals surface area contributed by atoms with E-state index in [9.17, 15) is 9.59 Å². The molecule has 0 saturated heterocycles. The summed E-state index contributed by atoms with van der Waals surface area (Å²) < 4.78 is 11.5. The largest absolute Gasteiger partial charge is 0.493 e. The van der Waals surface area contributed by atoms with Crippen molar-refractivity contribution in [3.05, 3.63) is 94.0 Å². The summed E-state index contributed by atoms with van der Waals surface area (Å²) in [6, 6.07) is 20.6.